The van der Waals surface area contributed by atoms with Gasteiger partial charge in [0.1, 0.15) is 24.0 Å². The number of esters is 1. The van der Waals surface area contributed by atoms with Crippen LogP contribution in [0.25, 0.3) is 11.3 Å². The molecule has 0 saturated heterocycles. The highest BCUT2D eigenvalue weighted by Crippen LogP contribution is 2.44. The summed E-state index contributed by atoms with van der Waals surface area (Å²) in [6.45, 7) is 5.59. The van der Waals surface area contributed by atoms with E-state index >= 15 is 4.39 Å². The number of ether oxygens (including phenoxy) is 2. The van der Waals surface area contributed by atoms with Crippen LogP contribution in [0.15, 0.2) is 30.3 Å². The Bertz CT molecular complexity index is 1490. The molecule has 0 bridgehead atoms. The smallest absolute Gasteiger partial charge is 0.306 e. The molecule has 9 heteroatoms. The Morgan fingerprint density at radius 1 is 1.24 bits per heavy atom. The van der Waals surface area contributed by atoms with Crippen LogP contribution in [0.2, 0.25) is 5.02 Å². The molecule has 3 aromatic rings. The van der Waals surface area contributed by atoms with Gasteiger partial charge in [0.05, 0.1) is 30.4 Å². The maximum atomic E-state index is 15.3. The molecule has 1 saturated carbocycles. The van der Waals surface area contributed by atoms with Crippen molar-refractivity contribution in [2.75, 3.05) is 18.6 Å². The molecule has 4 rings (SSSR count). The fraction of sp³-hybridized carbons (Fsp3) is 0.424. The van der Waals surface area contributed by atoms with Crippen molar-refractivity contribution in [1.82, 2.24) is 4.98 Å². The van der Waals surface area contributed by atoms with Gasteiger partial charge in [0, 0.05) is 28.8 Å². The maximum Gasteiger partial charge on any atom is 0.306 e. The Morgan fingerprint density at radius 3 is 2.64 bits per heavy atom. The number of aromatic nitrogens is 1. The Morgan fingerprint density at radius 2 is 2.00 bits per heavy atom. The molecule has 1 fully saturated rings. The van der Waals surface area contributed by atoms with Gasteiger partial charge in [-0.2, -0.15) is 0 Å². The van der Waals surface area contributed by atoms with E-state index in [1.165, 1.54) is 24.3 Å². The van der Waals surface area contributed by atoms with Crippen molar-refractivity contribution in [3.05, 3.63) is 62.7 Å². The van der Waals surface area contributed by atoms with Crippen molar-refractivity contribution in [2.24, 2.45) is 5.92 Å². The first kappa shape index (κ1) is 31.5. The lowest BCUT2D eigenvalue weighted by molar-refractivity contribution is -0.145. The summed E-state index contributed by atoms with van der Waals surface area (Å²) in [7, 11) is 1.61. The summed E-state index contributed by atoms with van der Waals surface area (Å²) in [5.41, 5.74) is 3.64. The van der Waals surface area contributed by atoms with E-state index in [0.717, 1.165) is 51.7 Å². The number of thiazole rings is 1. The molecule has 0 spiro atoms. The summed E-state index contributed by atoms with van der Waals surface area (Å²) in [5.74, 6) is 3.15. The minimum atomic E-state index is -0.450. The molecule has 1 aromatic heterocycles. The van der Waals surface area contributed by atoms with E-state index in [0.29, 0.717) is 41.6 Å². The van der Waals surface area contributed by atoms with Gasteiger partial charge in [0.25, 0.3) is 0 Å². The number of hydrogen-bond donors (Lipinski definition) is 0. The molecule has 6 nitrogen and oxygen atoms in total. The molecule has 0 aliphatic heterocycles. The van der Waals surface area contributed by atoms with Crippen LogP contribution in [0, 0.1) is 37.9 Å². The predicted octanol–water partition coefficient (Wildman–Crippen LogP) is 8.01. The van der Waals surface area contributed by atoms with Crippen molar-refractivity contribution in [3.8, 4) is 29.4 Å². The van der Waals surface area contributed by atoms with E-state index in [9.17, 15) is 9.59 Å². The number of benzene rings is 2. The van der Waals surface area contributed by atoms with Gasteiger partial charge < -0.3 is 19.2 Å². The van der Waals surface area contributed by atoms with Crippen LogP contribution in [-0.2, 0) is 20.9 Å². The lowest BCUT2D eigenvalue weighted by Gasteiger charge is -2.31. The first-order valence-corrected chi connectivity index (χ1v) is 15.3. The number of hydrogen-bond acceptors (Lipinski definition) is 7. The largest absolute Gasteiger partial charge is 0.496 e. The predicted molar refractivity (Wildman–Crippen MR) is 166 cm³/mol. The second kappa shape index (κ2) is 14.2. The minimum Gasteiger partial charge on any atom is -0.496 e. The van der Waals surface area contributed by atoms with Gasteiger partial charge >= 0.3 is 5.97 Å². The third-order valence-electron chi connectivity index (χ3n) is 7.42. The molecule has 1 atom stereocenters. The highest BCUT2D eigenvalue weighted by molar-refractivity contribution is 7.16. The highest BCUT2D eigenvalue weighted by Gasteiger charge is 2.32. The molecular formula is C33H36ClFN2O4S. The number of anilines is 1. The third-order valence-corrected chi connectivity index (χ3v) is 8.74. The zero-order chi connectivity index (χ0) is 30.4. The average molecular weight is 611 g/mol. The molecule has 0 amide bonds. The van der Waals surface area contributed by atoms with E-state index in [4.69, 9.17) is 32.5 Å². The highest BCUT2D eigenvalue weighted by atomic mass is 35.5. The van der Waals surface area contributed by atoms with Crippen LogP contribution in [0.3, 0.4) is 0 Å². The molecule has 0 unspecified atom stereocenters. The maximum absolute atomic E-state index is 15.3. The Kier molecular flexibility index (Phi) is 10.6. The summed E-state index contributed by atoms with van der Waals surface area (Å²) in [5, 5.41) is 1.30. The van der Waals surface area contributed by atoms with Crippen molar-refractivity contribution < 1.29 is 23.5 Å². The SMILES string of the molecule is C#CCN(c1nc(-c2cc(C)c(OC)cc2Cl)c(C)s1)[C@@H](CC1CC1)c1ccc(COC(=O)CCCC(C)=O)c(F)c1. The second-order valence-corrected chi connectivity index (χ2v) is 12.4. The van der Waals surface area contributed by atoms with E-state index in [1.807, 2.05) is 26.0 Å². The molecular weight excluding hydrogens is 575 g/mol. The van der Waals surface area contributed by atoms with Gasteiger partial charge in [0.15, 0.2) is 5.13 Å². The molecule has 1 aliphatic rings. The summed E-state index contributed by atoms with van der Waals surface area (Å²) in [6.07, 6.45) is 9.79. The van der Waals surface area contributed by atoms with E-state index < -0.39 is 11.8 Å². The van der Waals surface area contributed by atoms with E-state index in [1.54, 1.807) is 19.2 Å². The zero-order valence-corrected chi connectivity index (χ0v) is 26.0. The summed E-state index contributed by atoms with van der Waals surface area (Å²) in [4.78, 5) is 31.2. The molecule has 42 heavy (non-hydrogen) atoms. The number of terminal acetylenes is 1. The van der Waals surface area contributed by atoms with Crippen LogP contribution in [-0.4, -0.2) is 30.4 Å². The fourth-order valence-electron chi connectivity index (χ4n) is 4.94. The van der Waals surface area contributed by atoms with Crippen LogP contribution in [0.5, 0.6) is 5.75 Å². The van der Waals surface area contributed by atoms with Gasteiger partial charge in [0.2, 0.25) is 0 Å². The van der Waals surface area contributed by atoms with E-state index in [-0.39, 0.29) is 24.9 Å². The quantitative estimate of drug-likeness (QED) is 0.136. The van der Waals surface area contributed by atoms with Crippen LogP contribution in [0.1, 0.15) is 73.1 Å². The van der Waals surface area contributed by atoms with Crippen molar-refractivity contribution in [1.29, 1.82) is 0 Å². The molecule has 1 heterocycles. The normalized spacial score (nSPS) is 13.4. The first-order chi connectivity index (χ1) is 20.1. The summed E-state index contributed by atoms with van der Waals surface area (Å²) in [6, 6.07) is 8.65. The van der Waals surface area contributed by atoms with Crippen molar-refractivity contribution >= 4 is 39.8 Å². The van der Waals surface area contributed by atoms with Crippen molar-refractivity contribution in [2.45, 2.75) is 71.9 Å². The molecule has 1 aliphatic carbocycles. The number of ketones is 1. The van der Waals surface area contributed by atoms with Crippen LogP contribution >= 0.6 is 22.9 Å². The monoisotopic (exact) mass is 610 g/mol. The topological polar surface area (TPSA) is 68.7 Å². The van der Waals surface area contributed by atoms with E-state index in [2.05, 4.69) is 10.8 Å². The van der Waals surface area contributed by atoms with Gasteiger partial charge in [-0.05, 0) is 68.9 Å². The summed E-state index contributed by atoms with van der Waals surface area (Å²) < 4.78 is 26.0. The minimum absolute atomic E-state index is 0.0211. The fourth-order valence-corrected chi connectivity index (χ4v) is 6.16. The lowest BCUT2D eigenvalue weighted by atomic mass is 9.98. The molecule has 2 aromatic carbocycles. The Labute approximate surface area is 256 Å². The number of rotatable bonds is 14. The average Bonchev–Trinajstić information content (AvgIpc) is 3.69. The number of aryl methyl sites for hydroxylation is 2. The molecule has 222 valence electrons. The number of carbonyl (C=O) groups is 2. The number of carbonyl (C=O) groups excluding carboxylic acids is 2. The van der Waals surface area contributed by atoms with Gasteiger partial charge in [-0.15, -0.1) is 17.8 Å². The number of halogens is 2. The van der Waals surface area contributed by atoms with Crippen LogP contribution < -0.4 is 9.64 Å². The Balaban J connectivity index is 1.59. The zero-order valence-electron chi connectivity index (χ0n) is 24.5. The second-order valence-electron chi connectivity index (χ2n) is 10.8. The van der Waals surface area contributed by atoms with Gasteiger partial charge in [-0.1, -0.05) is 42.5 Å². The van der Waals surface area contributed by atoms with Gasteiger partial charge in [-0.3, -0.25) is 4.79 Å². The number of nitrogens with zero attached hydrogens (tertiary/aromatic N) is 2. The van der Waals surface area contributed by atoms with Crippen molar-refractivity contribution in [3.63, 3.8) is 0 Å². The lowest BCUT2D eigenvalue weighted by Crippen LogP contribution is -2.29. The first-order valence-electron chi connectivity index (χ1n) is 14.1. The summed E-state index contributed by atoms with van der Waals surface area (Å²) >= 11 is 8.18. The Hall–Kier alpha value is -3.41. The number of methoxy groups -OCH3 is 1. The number of Topliss-reactive ketones (excluding diaryl/α,β-unsaturated/α-hetero) is 1. The third kappa shape index (κ3) is 7.90. The molecule has 0 N–H and O–H groups in total. The molecule has 0 radical (unpaired) electrons. The van der Waals surface area contributed by atoms with Gasteiger partial charge in [-0.25, -0.2) is 9.37 Å². The standard InChI is InChI=1S/C33H36ClFN2O4S/c1-6-14-37(33-36-32(22(4)42-33)26-15-20(2)30(40-5)18-27(26)34)29(16-23-10-11-23)24-12-13-25(28(35)17-24)19-41-31(39)9-7-8-21(3)38/h1,12-13,15,17-18,23,29H,7-11,14,16,19H2,2-5H3/t29-/m0/s1. The van der Waals surface area contributed by atoms with Crippen LogP contribution in [0.4, 0.5) is 9.52 Å².